The number of likely N-dealkylation sites (tertiary alicyclic amines) is 1. The van der Waals surface area contributed by atoms with E-state index in [1.807, 2.05) is 68.4 Å². The van der Waals surface area contributed by atoms with Crippen molar-refractivity contribution >= 4 is 17.4 Å². The van der Waals surface area contributed by atoms with E-state index < -0.39 is 17.7 Å². The predicted molar refractivity (Wildman–Crippen MR) is 156 cm³/mol. The summed E-state index contributed by atoms with van der Waals surface area (Å²) in [5.74, 6) is -0.122. The maximum Gasteiger partial charge on any atom is 0.295 e. The third-order valence-electron chi connectivity index (χ3n) is 7.49. The van der Waals surface area contributed by atoms with Crippen molar-refractivity contribution in [1.29, 1.82) is 0 Å². The summed E-state index contributed by atoms with van der Waals surface area (Å²) in [6.07, 6.45) is 0. The molecule has 1 N–H and O–H groups in total. The summed E-state index contributed by atoms with van der Waals surface area (Å²) in [6, 6.07) is 21.8. The van der Waals surface area contributed by atoms with E-state index >= 15 is 0 Å². The van der Waals surface area contributed by atoms with Gasteiger partial charge in [-0.05, 0) is 60.9 Å². The standard InChI is InChI=1S/C33H36N2O6/c1-3-40-28-14-11-26(21-23(28)2)31(36)29-30(35(33(38)32(29)37)16-15-34-17-19-39-20-18-34)25-9-12-27(13-10-25)41-22-24-7-5-4-6-8-24/h4-14,21,30,36H,3,15-20,22H2,1-2H3. The van der Waals surface area contributed by atoms with Crippen LogP contribution in [-0.2, 0) is 20.9 Å². The smallest absolute Gasteiger partial charge is 0.295 e. The summed E-state index contributed by atoms with van der Waals surface area (Å²) in [5, 5.41) is 11.5. The van der Waals surface area contributed by atoms with E-state index in [4.69, 9.17) is 14.2 Å². The lowest BCUT2D eigenvalue weighted by atomic mass is 9.94. The maximum absolute atomic E-state index is 13.5. The summed E-state index contributed by atoms with van der Waals surface area (Å²) in [6.45, 7) is 8.52. The van der Waals surface area contributed by atoms with Gasteiger partial charge in [0, 0.05) is 31.7 Å². The third kappa shape index (κ3) is 6.45. The van der Waals surface area contributed by atoms with Crippen LogP contribution in [0.5, 0.6) is 11.5 Å². The number of morpholine rings is 1. The van der Waals surface area contributed by atoms with E-state index in [1.54, 1.807) is 23.1 Å². The van der Waals surface area contributed by atoms with E-state index in [-0.39, 0.29) is 11.3 Å². The highest BCUT2D eigenvalue weighted by Crippen LogP contribution is 2.40. The summed E-state index contributed by atoms with van der Waals surface area (Å²) in [5.41, 5.74) is 3.15. The van der Waals surface area contributed by atoms with Gasteiger partial charge in [0.1, 0.15) is 23.9 Å². The van der Waals surface area contributed by atoms with Crippen LogP contribution in [0.15, 0.2) is 78.4 Å². The Labute approximate surface area is 240 Å². The summed E-state index contributed by atoms with van der Waals surface area (Å²) >= 11 is 0. The lowest BCUT2D eigenvalue weighted by molar-refractivity contribution is -0.140. The monoisotopic (exact) mass is 556 g/mol. The van der Waals surface area contributed by atoms with Gasteiger partial charge in [-0.15, -0.1) is 0 Å². The number of hydrogen-bond acceptors (Lipinski definition) is 7. The molecule has 0 bridgehead atoms. The molecular weight excluding hydrogens is 520 g/mol. The number of aliphatic hydroxyl groups is 1. The van der Waals surface area contributed by atoms with Crippen LogP contribution < -0.4 is 9.47 Å². The molecule has 3 aromatic rings. The second-order valence-corrected chi connectivity index (χ2v) is 10.2. The first-order valence-corrected chi connectivity index (χ1v) is 14.0. The molecule has 0 spiro atoms. The number of carbonyl (C=O) groups is 2. The van der Waals surface area contributed by atoms with Crippen LogP contribution in [-0.4, -0.2) is 72.6 Å². The Hall–Kier alpha value is -4.14. The van der Waals surface area contributed by atoms with Gasteiger partial charge in [-0.25, -0.2) is 0 Å². The molecule has 2 aliphatic heterocycles. The minimum Gasteiger partial charge on any atom is -0.507 e. The number of amides is 1. The molecule has 2 heterocycles. The van der Waals surface area contributed by atoms with Crippen molar-refractivity contribution in [2.75, 3.05) is 46.0 Å². The number of ether oxygens (including phenoxy) is 3. The molecule has 2 aliphatic rings. The van der Waals surface area contributed by atoms with Crippen LogP contribution in [0.4, 0.5) is 0 Å². The van der Waals surface area contributed by atoms with Crippen LogP contribution in [0, 0.1) is 6.92 Å². The number of Topliss-reactive ketones (excluding diaryl/α,β-unsaturated/α-hetero) is 1. The van der Waals surface area contributed by atoms with Crippen molar-refractivity contribution in [3.05, 3.63) is 101 Å². The molecule has 8 nitrogen and oxygen atoms in total. The van der Waals surface area contributed by atoms with Gasteiger partial charge in [0.15, 0.2) is 0 Å². The van der Waals surface area contributed by atoms with Crippen LogP contribution in [0.25, 0.3) is 5.76 Å². The minimum atomic E-state index is -0.730. The molecule has 2 fully saturated rings. The number of benzene rings is 3. The Bertz CT molecular complexity index is 1400. The van der Waals surface area contributed by atoms with Crippen LogP contribution >= 0.6 is 0 Å². The molecule has 0 aromatic heterocycles. The number of carbonyl (C=O) groups excluding carboxylic acids is 2. The molecule has 2 saturated heterocycles. The Morgan fingerprint density at radius 2 is 1.68 bits per heavy atom. The fraction of sp³-hybridized carbons (Fsp3) is 0.333. The molecule has 0 aliphatic carbocycles. The van der Waals surface area contributed by atoms with E-state index in [1.165, 1.54) is 0 Å². The first kappa shape index (κ1) is 28.4. The van der Waals surface area contributed by atoms with Crippen LogP contribution in [0.1, 0.15) is 35.2 Å². The fourth-order valence-corrected chi connectivity index (χ4v) is 5.29. The molecule has 0 saturated carbocycles. The Morgan fingerprint density at radius 3 is 2.37 bits per heavy atom. The number of aryl methyl sites for hydroxylation is 1. The Balaban J connectivity index is 1.46. The normalized spacial score (nSPS) is 19.0. The van der Waals surface area contributed by atoms with Crippen molar-refractivity contribution in [1.82, 2.24) is 9.80 Å². The molecule has 41 heavy (non-hydrogen) atoms. The molecule has 0 radical (unpaired) electrons. The number of hydrogen-bond donors (Lipinski definition) is 1. The number of aliphatic hydroxyl groups excluding tert-OH is 1. The lowest BCUT2D eigenvalue weighted by Gasteiger charge is -2.31. The topological polar surface area (TPSA) is 88.5 Å². The van der Waals surface area contributed by atoms with Crippen molar-refractivity contribution in [2.24, 2.45) is 0 Å². The van der Waals surface area contributed by atoms with Crippen LogP contribution in [0.2, 0.25) is 0 Å². The predicted octanol–water partition coefficient (Wildman–Crippen LogP) is 4.73. The van der Waals surface area contributed by atoms with Crippen molar-refractivity contribution in [3.8, 4) is 11.5 Å². The first-order valence-electron chi connectivity index (χ1n) is 14.0. The second kappa shape index (κ2) is 13.0. The minimum absolute atomic E-state index is 0.0819. The largest absolute Gasteiger partial charge is 0.507 e. The molecular formula is C33H36N2O6. The highest BCUT2D eigenvalue weighted by molar-refractivity contribution is 6.46. The van der Waals surface area contributed by atoms with Gasteiger partial charge in [-0.2, -0.15) is 0 Å². The van der Waals surface area contributed by atoms with Gasteiger partial charge in [0.25, 0.3) is 11.7 Å². The number of ketones is 1. The second-order valence-electron chi connectivity index (χ2n) is 10.2. The molecule has 1 amide bonds. The Morgan fingerprint density at radius 1 is 0.951 bits per heavy atom. The zero-order valence-electron chi connectivity index (χ0n) is 23.5. The molecule has 1 unspecified atom stereocenters. The van der Waals surface area contributed by atoms with Crippen molar-refractivity contribution in [3.63, 3.8) is 0 Å². The average Bonchev–Trinajstić information content (AvgIpc) is 3.26. The zero-order chi connectivity index (χ0) is 28.8. The van der Waals surface area contributed by atoms with E-state index in [2.05, 4.69) is 4.90 Å². The molecule has 1 atom stereocenters. The highest BCUT2D eigenvalue weighted by atomic mass is 16.5. The average molecular weight is 557 g/mol. The van der Waals surface area contributed by atoms with Gasteiger partial charge in [-0.3, -0.25) is 14.5 Å². The summed E-state index contributed by atoms with van der Waals surface area (Å²) in [4.78, 5) is 30.6. The van der Waals surface area contributed by atoms with E-state index in [0.717, 1.165) is 29.8 Å². The summed E-state index contributed by atoms with van der Waals surface area (Å²) in [7, 11) is 0. The highest BCUT2D eigenvalue weighted by Gasteiger charge is 2.46. The van der Waals surface area contributed by atoms with E-state index in [0.29, 0.717) is 56.6 Å². The van der Waals surface area contributed by atoms with E-state index in [9.17, 15) is 14.7 Å². The van der Waals surface area contributed by atoms with Gasteiger partial charge >= 0.3 is 0 Å². The van der Waals surface area contributed by atoms with Gasteiger partial charge < -0.3 is 24.2 Å². The van der Waals surface area contributed by atoms with Gasteiger partial charge in [-0.1, -0.05) is 42.5 Å². The summed E-state index contributed by atoms with van der Waals surface area (Å²) < 4.78 is 17.0. The van der Waals surface area contributed by atoms with Crippen molar-refractivity contribution in [2.45, 2.75) is 26.5 Å². The first-order chi connectivity index (χ1) is 20.0. The number of rotatable bonds is 10. The maximum atomic E-state index is 13.5. The van der Waals surface area contributed by atoms with Crippen molar-refractivity contribution < 1.29 is 28.9 Å². The SMILES string of the molecule is CCOc1ccc(C(O)=C2C(=O)C(=O)N(CCN3CCOCC3)C2c2ccc(OCc3ccccc3)cc2)cc1C. The number of nitrogens with zero attached hydrogens (tertiary/aromatic N) is 2. The molecule has 214 valence electrons. The third-order valence-corrected chi connectivity index (χ3v) is 7.49. The Kier molecular flexibility index (Phi) is 9.01. The lowest BCUT2D eigenvalue weighted by Crippen LogP contribution is -2.42. The molecule has 3 aromatic carbocycles. The zero-order valence-corrected chi connectivity index (χ0v) is 23.5. The quantitative estimate of drug-likeness (QED) is 0.220. The molecule has 5 rings (SSSR count). The van der Waals surface area contributed by atoms with Gasteiger partial charge in [0.2, 0.25) is 0 Å². The van der Waals surface area contributed by atoms with Crippen LogP contribution in [0.3, 0.4) is 0 Å². The fourth-order valence-electron chi connectivity index (χ4n) is 5.29. The van der Waals surface area contributed by atoms with Gasteiger partial charge in [0.05, 0.1) is 31.4 Å². The molecule has 8 heteroatoms.